The predicted octanol–water partition coefficient (Wildman–Crippen LogP) is -0.193. The molecule has 0 spiro atoms. The first-order chi connectivity index (χ1) is 7.00. The Balaban J connectivity index is 2.46. The SMILES string of the molecule is CC1C(O)C(N)=CC2=CC(=O)C(N)=CC21. The summed E-state index contributed by atoms with van der Waals surface area (Å²) >= 11 is 0. The second-order valence-electron chi connectivity index (χ2n) is 4.10. The Kier molecular flexibility index (Phi) is 2.16. The van der Waals surface area contributed by atoms with E-state index < -0.39 is 6.10 Å². The molecule has 0 aromatic heterocycles. The third kappa shape index (κ3) is 1.47. The molecular weight excluding hydrogens is 192 g/mol. The minimum atomic E-state index is -0.663. The van der Waals surface area contributed by atoms with Gasteiger partial charge in [-0.25, -0.2) is 0 Å². The number of aliphatic hydroxyl groups is 1. The molecule has 2 aliphatic rings. The lowest BCUT2D eigenvalue weighted by atomic mass is 9.75. The minimum Gasteiger partial charge on any atom is -0.400 e. The van der Waals surface area contributed by atoms with Crippen molar-refractivity contribution in [3.8, 4) is 0 Å². The fourth-order valence-corrected chi connectivity index (χ4v) is 2.07. The van der Waals surface area contributed by atoms with Crippen LogP contribution in [-0.2, 0) is 4.79 Å². The van der Waals surface area contributed by atoms with Crippen molar-refractivity contribution in [2.24, 2.45) is 23.3 Å². The van der Waals surface area contributed by atoms with Crippen LogP contribution in [0.3, 0.4) is 0 Å². The molecule has 3 unspecified atom stereocenters. The number of rotatable bonds is 0. The van der Waals surface area contributed by atoms with Gasteiger partial charge in [-0.3, -0.25) is 4.79 Å². The van der Waals surface area contributed by atoms with Gasteiger partial charge < -0.3 is 16.6 Å². The molecule has 5 N–H and O–H groups in total. The van der Waals surface area contributed by atoms with Crippen molar-refractivity contribution < 1.29 is 9.90 Å². The molecule has 4 heteroatoms. The Hall–Kier alpha value is -1.55. The van der Waals surface area contributed by atoms with Crippen molar-refractivity contribution in [3.05, 3.63) is 35.2 Å². The van der Waals surface area contributed by atoms with E-state index in [1.165, 1.54) is 6.08 Å². The van der Waals surface area contributed by atoms with Crippen LogP contribution >= 0.6 is 0 Å². The molecule has 3 atom stereocenters. The van der Waals surface area contributed by atoms with Gasteiger partial charge in [-0.05, 0) is 29.7 Å². The van der Waals surface area contributed by atoms with Gasteiger partial charge >= 0.3 is 0 Å². The van der Waals surface area contributed by atoms with E-state index in [1.807, 2.05) is 6.92 Å². The lowest BCUT2D eigenvalue weighted by Crippen LogP contribution is -2.36. The number of nitrogens with two attached hydrogens (primary N) is 2. The van der Waals surface area contributed by atoms with E-state index in [0.29, 0.717) is 5.70 Å². The smallest absolute Gasteiger partial charge is 0.201 e. The fourth-order valence-electron chi connectivity index (χ4n) is 2.07. The molecule has 15 heavy (non-hydrogen) atoms. The molecule has 0 fully saturated rings. The van der Waals surface area contributed by atoms with E-state index in [0.717, 1.165) is 5.57 Å². The number of fused-ring (bicyclic) bond motifs is 1. The first kappa shape index (κ1) is 9.98. The fraction of sp³-hybridized carbons (Fsp3) is 0.364. The summed E-state index contributed by atoms with van der Waals surface area (Å²) in [6.45, 7) is 1.89. The normalized spacial score (nSPS) is 35.2. The zero-order valence-corrected chi connectivity index (χ0v) is 8.47. The maximum absolute atomic E-state index is 11.3. The van der Waals surface area contributed by atoms with Crippen LogP contribution in [0.15, 0.2) is 35.2 Å². The average Bonchev–Trinajstić information content (AvgIpc) is 2.19. The summed E-state index contributed by atoms with van der Waals surface area (Å²) in [6.07, 6.45) is 4.20. The summed E-state index contributed by atoms with van der Waals surface area (Å²) in [7, 11) is 0. The van der Waals surface area contributed by atoms with E-state index in [9.17, 15) is 9.90 Å². The molecule has 0 aromatic rings. The van der Waals surface area contributed by atoms with E-state index in [2.05, 4.69) is 0 Å². The molecule has 80 valence electrons. The van der Waals surface area contributed by atoms with Crippen LogP contribution in [0, 0.1) is 11.8 Å². The zero-order chi connectivity index (χ0) is 11.2. The maximum Gasteiger partial charge on any atom is 0.201 e. The highest BCUT2D eigenvalue weighted by atomic mass is 16.3. The first-order valence-corrected chi connectivity index (χ1v) is 4.89. The van der Waals surface area contributed by atoms with E-state index in [1.54, 1.807) is 12.2 Å². The Morgan fingerprint density at radius 2 is 2.00 bits per heavy atom. The number of ketones is 1. The second kappa shape index (κ2) is 3.24. The van der Waals surface area contributed by atoms with Crippen LogP contribution in [0.25, 0.3) is 0 Å². The van der Waals surface area contributed by atoms with Gasteiger partial charge in [0.2, 0.25) is 5.78 Å². The molecule has 0 bridgehead atoms. The van der Waals surface area contributed by atoms with Crippen molar-refractivity contribution in [2.75, 3.05) is 0 Å². The van der Waals surface area contributed by atoms with Gasteiger partial charge in [-0.15, -0.1) is 0 Å². The Bertz CT molecular complexity index is 407. The highest BCUT2D eigenvalue weighted by Crippen LogP contribution is 2.35. The molecule has 0 aliphatic heterocycles. The van der Waals surface area contributed by atoms with Crippen LogP contribution in [0.1, 0.15) is 6.92 Å². The quantitative estimate of drug-likeness (QED) is 0.512. The summed E-state index contributed by atoms with van der Waals surface area (Å²) < 4.78 is 0. The number of allylic oxidation sites excluding steroid dienone is 4. The van der Waals surface area contributed by atoms with Crippen molar-refractivity contribution >= 4 is 5.78 Å². The summed E-state index contributed by atoms with van der Waals surface area (Å²) in [4.78, 5) is 11.3. The van der Waals surface area contributed by atoms with Gasteiger partial charge in [0.15, 0.2) is 0 Å². The highest BCUT2D eigenvalue weighted by Gasteiger charge is 2.33. The van der Waals surface area contributed by atoms with Crippen LogP contribution in [0.2, 0.25) is 0 Å². The van der Waals surface area contributed by atoms with Gasteiger partial charge in [0.25, 0.3) is 0 Å². The molecule has 0 saturated carbocycles. The molecule has 2 rings (SSSR count). The standard InChI is InChI=1S/C11H14N2O2/c1-5-7-4-8(12)10(14)3-6(7)2-9(13)11(5)15/h2-5,7,11,15H,12-13H2,1H3. The lowest BCUT2D eigenvalue weighted by molar-refractivity contribution is -0.111. The topological polar surface area (TPSA) is 89.3 Å². The number of hydrogen-bond acceptors (Lipinski definition) is 4. The van der Waals surface area contributed by atoms with Crippen molar-refractivity contribution in [1.82, 2.24) is 0 Å². The molecule has 0 amide bonds. The monoisotopic (exact) mass is 206 g/mol. The van der Waals surface area contributed by atoms with E-state index in [-0.39, 0.29) is 23.3 Å². The van der Waals surface area contributed by atoms with Gasteiger partial charge in [0.05, 0.1) is 11.8 Å². The van der Waals surface area contributed by atoms with Crippen LogP contribution in [-0.4, -0.2) is 17.0 Å². The average molecular weight is 206 g/mol. The number of hydrogen-bond donors (Lipinski definition) is 3. The van der Waals surface area contributed by atoms with Crippen LogP contribution in [0.4, 0.5) is 0 Å². The Morgan fingerprint density at radius 1 is 1.33 bits per heavy atom. The summed E-state index contributed by atoms with van der Waals surface area (Å²) in [5, 5.41) is 9.76. The molecule has 0 saturated heterocycles. The number of carbonyl (C=O) groups is 1. The summed E-state index contributed by atoms with van der Waals surface area (Å²) in [5.74, 6) is -0.244. The number of carbonyl (C=O) groups excluding carboxylic acids is 1. The molecule has 0 radical (unpaired) electrons. The van der Waals surface area contributed by atoms with Crippen LogP contribution in [0.5, 0.6) is 0 Å². The van der Waals surface area contributed by atoms with Gasteiger partial charge in [0, 0.05) is 11.6 Å². The highest BCUT2D eigenvalue weighted by molar-refractivity contribution is 6.05. The lowest BCUT2D eigenvalue weighted by Gasteiger charge is -2.33. The largest absolute Gasteiger partial charge is 0.400 e. The molecule has 0 aromatic carbocycles. The van der Waals surface area contributed by atoms with Crippen molar-refractivity contribution in [2.45, 2.75) is 13.0 Å². The third-order valence-electron chi connectivity index (χ3n) is 3.07. The van der Waals surface area contributed by atoms with Gasteiger partial charge in [-0.2, -0.15) is 0 Å². The van der Waals surface area contributed by atoms with Gasteiger partial charge in [-0.1, -0.05) is 6.92 Å². The Labute approximate surface area is 87.9 Å². The first-order valence-electron chi connectivity index (χ1n) is 4.89. The molecule has 2 aliphatic carbocycles. The number of aliphatic hydroxyl groups excluding tert-OH is 1. The predicted molar refractivity (Wildman–Crippen MR) is 56.3 cm³/mol. The third-order valence-corrected chi connectivity index (χ3v) is 3.07. The second-order valence-corrected chi connectivity index (χ2v) is 4.10. The van der Waals surface area contributed by atoms with Gasteiger partial charge in [0.1, 0.15) is 0 Å². The van der Waals surface area contributed by atoms with Crippen molar-refractivity contribution in [3.63, 3.8) is 0 Å². The van der Waals surface area contributed by atoms with E-state index >= 15 is 0 Å². The van der Waals surface area contributed by atoms with E-state index in [4.69, 9.17) is 11.5 Å². The van der Waals surface area contributed by atoms with Crippen LogP contribution < -0.4 is 11.5 Å². The summed E-state index contributed by atoms with van der Waals surface area (Å²) in [5.41, 5.74) is 12.7. The molecular formula is C11H14N2O2. The van der Waals surface area contributed by atoms with Crippen molar-refractivity contribution in [1.29, 1.82) is 0 Å². The minimum absolute atomic E-state index is 0.00926. The Morgan fingerprint density at radius 3 is 2.67 bits per heavy atom. The molecule has 0 heterocycles. The summed E-state index contributed by atoms with van der Waals surface area (Å²) in [6, 6.07) is 0. The maximum atomic E-state index is 11.3. The molecule has 4 nitrogen and oxygen atoms in total. The zero-order valence-electron chi connectivity index (χ0n) is 8.47.